The summed E-state index contributed by atoms with van der Waals surface area (Å²) in [5, 5.41) is 9.71. The summed E-state index contributed by atoms with van der Waals surface area (Å²) in [6.07, 6.45) is -9.88. The molecule has 3 aromatic rings. The van der Waals surface area contributed by atoms with E-state index in [0.29, 0.717) is 23.5 Å². The number of anilines is 2. The van der Waals surface area contributed by atoms with Crippen LogP contribution in [0.2, 0.25) is 0 Å². The van der Waals surface area contributed by atoms with Crippen LogP contribution in [0.3, 0.4) is 0 Å². The van der Waals surface area contributed by atoms with E-state index in [2.05, 4.69) is 20.9 Å². The average molecular weight is 519 g/mol. The SMILES string of the molecule is C[C@H](NC(=S)Nc1ccc(NC(=O)c2cscn2)cc1)c1cc(C(F)(F)F)cc(C(F)(F)F)c1. The van der Waals surface area contributed by atoms with Gasteiger partial charge in [-0.1, -0.05) is 0 Å². The zero-order valence-electron chi connectivity index (χ0n) is 17.2. The lowest BCUT2D eigenvalue weighted by atomic mass is 10.0. The van der Waals surface area contributed by atoms with Gasteiger partial charge >= 0.3 is 12.4 Å². The van der Waals surface area contributed by atoms with E-state index in [0.717, 1.165) is 0 Å². The van der Waals surface area contributed by atoms with Crippen LogP contribution >= 0.6 is 23.6 Å². The number of nitrogens with one attached hydrogen (secondary N) is 3. The van der Waals surface area contributed by atoms with E-state index in [1.54, 1.807) is 29.6 Å². The number of rotatable bonds is 5. The van der Waals surface area contributed by atoms with E-state index in [9.17, 15) is 31.1 Å². The van der Waals surface area contributed by atoms with Crippen LogP contribution in [0.25, 0.3) is 0 Å². The maximum Gasteiger partial charge on any atom is 0.416 e. The summed E-state index contributed by atoms with van der Waals surface area (Å²) in [5.41, 5.74) is -0.266. The number of carbonyl (C=O) groups is 1. The van der Waals surface area contributed by atoms with Crippen LogP contribution in [0.4, 0.5) is 37.7 Å². The first kappa shape index (κ1) is 25.4. The Bertz CT molecular complexity index is 1130. The zero-order valence-corrected chi connectivity index (χ0v) is 18.8. The van der Waals surface area contributed by atoms with E-state index < -0.39 is 29.5 Å². The van der Waals surface area contributed by atoms with Crippen LogP contribution in [-0.4, -0.2) is 16.0 Å². The number of aromatic nitrogens is 1. The van der Waals surface area contributed by atoms with E-state index in [1.807, 2.05) is 0 Å². The molecule has 1 atom stereocenters. The molecule has 0 unspecified atom stereocenters. The van der Waals surface area contributed by atoms with Crippen LogP contribution in [-0.2, 0) is 12.4 Å². The molecule has 0 fully saturated rings. The average Bonchev–Trinajstić information content (AvgIpc) is 3.28. The molecule has 13 heteroatoms. The number of nitrogens with zero attached hydrogens (tertiary/aromatic N) is 1. The summed E-state index contributed by atoms with van der Waals surface area (Å²) in [4.78, 5) is 15.9. The van der Waals surface area contributed by atoms with Gasteiger partial charge in [0.15, 0.2) is 5.11 Å². The Balaban J connectivity index is 1.66. The number of thiazole rings is 1. The van der Waals surface area contributed by atoms with Gasteiger partial charge in [0, 0.05) is 16.8 Å². The summed E-state index contributed by atoms with van der Waals surface area (Å²) in [6.45, 7) is 1.39. The number of benzene rings is 2. The van der Waals surface area contributed by atoms with Crippen molar-refractivity contribution in [3.8, 4) is 0 Å². The molecule has 2 aromatic carbocycles. The predicted octanol–water partition coefficient (Wildman–Crippen LogP) is 6.48. The highest BCUT2D eigenvalue weighted by atomic mass is 32.1. The Morgan fingerprint density at radius 1 is 0.941 bits per heavy atom. The number of carbonyl (C=O) groups excluding carboxylic acids is 1. The van der Waals surface area contributed by atoms with Crippen molar-refractivity contribution in [2.24, 2.45) is 0 Å². The Morgan fingerprint density at radius 2 is 1.47 bits per heavy atom. The lowest BCUT2D eigenvalue weighted by molar-refractivity contribution is -0.143. The molecule has 0 radical (unpaired) electrons. The first-order valence-corrected chi connectivity index (χ1v) is 10.8. The normalized spacial score (nSPS) is 12.7. The molecule has 180 valence electrons. The fraction of sp³-hybridized carbons (Fsp3) is 0.190. The number of amides is 1. The molecule has 0 saturated carbocycles. The van der Waals surface area contributed by atoms with Crippen molar-refractivity contribution in [2.75, 3.05) is 10.6 Å². The third kappa shape index (κ3) is 6.67. The van der Waals surface area contributed by atoms with Crippen molar-refractivity contribution < 1.29 is 31.1 Å². The molecule has 0 bridgehead atoms. The third-order valence-electron chi connectivity index (χ3n) is 4.52. The second-order valence-electron chi connectivity index (χ2n) is 7.06. The van der Waals surface area contributed by atoms with E-state index in [4.69, 9.17) is 12.2 Å². The van der Waals surface area contributed by atoms with E-state index in [1.165, 1.54) is 23.8 Å². The van der Waals surface area contributed by atoms with Crippen molar-refractivity contribution in [3.63, 3.8) is 0 Å². The Labute approximate surface area is 199 Å². The van der Waals surface area contributed by atoms with Gasteiger partial charge in [-0.2, -0.15) is 26.3 Å². The predicted molar refractivity (Wildman–Crippen MR) is 121 cm³/mol. The van der Waals surface area contributed by atoms with Crippen LogP contribution in [0.1, 0.15) is 40.1 Å². The van der Waals surface area contributed by atoms with Crippen molar-refractivity contribution >= 4 is 45.9 Å². The third-order valence-corrected chi connectivity index (χ3v) is 5.33. The van der Waals surface area contributed by atoms with Crippen molar-refractivity contribution in [3.05, 3.63) is 75.7 Å². The highest BCUT2D eigenvalue weighted by Crippen LogP contribution is 2.37. The Morgan fingerprint density at radius 3 is 1.94 bits per heavy atom. The second-order valence-corrected chi connectivity index (χ2v) is 8.19. The molecule has 0 aliphatic rings. The Kier molecular flexibility index (Phi) is 7.46. The molecule has 0 saturated heterocycles. The van der Waals surface area contributed by atoms with Gasteiger partial charge in [0.25, 0.3) is 5.91 Å². The molecular formula is C21H16F6N4OS2. The van der Waals surface area contributed by atoms with E-state index >= 15 is 0 Å². The van der Waals surface area contributed by atoms with Crippen molar-refractivity contribution in [2.45, 2.75) is 25.3 Å². The number of thiocarbonyl (C=S) groups is 1. The number of hydrogen-bond donors (Lipinski definition) is 3. The molecule has 3 rings (SSSR count). The minimum absolute atomic E-state index is 0.0160. The highest BCUT2D eigenvalue weighted by Gasteiger charge is 2.37. The lowest BCUT2D eigenvalue weighted by Crippen LogP contribution is -2.31. The summed E-state index contributed by atoms with van der Waals surface area (Å²) < 4.78 is 78.5. The highest BCUT2D eigenvalue weighted by molar-refractivity contribution is 7.80. The molecule has 1 amide bonds. The molecule has 0 aliphatic carbocycles. The zero-order chi connectivity index (χ0) is 25.1. The molecule has 5 nitrogen and oxygen atoms in total. The molecule has 1 heterocycles. The molecule has 34 heavy (non-hydrogen) atoms. The van der Waals surface area contributed by atoms with E-state index in [-0.39, 0.29) is 28.3 Å². The van der Waals surface area contributed by atoms with Gasteiger partial charge in [0.2, 0.25) is 0 Å². The van der Waals surface area contributed by atoms with Gasteiger partial charge in [-0.05, 0) is 67.2 Å². The number of hydrogen-bond acceptors (Lipinski definition) is 4. The lowest BCUT2D eigenvalue weighted by Gasteiger charge is -2.20. The number of halogens is 6. The molecule has 0 spiro atoms. The maximum absolute atomic E-state index is 13.1. The largest absolute Gasteiger partial charge is 0.416 e. The summed E-state index contributed by atoms with van der Waals surface area (Å²) >= 11 is 6.42. The summed E-state index contributed by atoms with van der Waals surface area (Å²) in [5.74, 6) is -0.382. The Hall–Kier alpha value is -3.19. The van der Waals surface area contributed by atoms with Crippen LogP contribution in [0.15, 0.2) is 53.4 Å². The van der Waals surface area contributed by atoms with Gasteiger partial charge in [0.1, 0.15) is 5.69 Å². The summed E-state index contributed by atoms with van der Waals surface area (Å²) in [6, 6.07) is 6.75. The topological polar surface area (TPSA) is 66.0 Å². The number of alkyl halides is 6. The fourth-order valence-electron chi connectivity index (χ4n) is 2.83. The standard InChI is InChI=1S/C21H16F6N4OS2/c1-11(12-6-13(20(22,23)24)8-14(7-12)21(25,26)27)29-19(33)31-16-4-2-15(3-5-16)30-18(32)17-9-34-10-28-17/h2-11H,1H3,(H,30,32)(H2,29,31,33)/t11-/m0/s1. The van der Waals surface area contributed by atoms with Gasteiger partial charge in [0.05, 0.1) is 22.7 Å². The second kappa shape index (κ2) is 9.97. The quantitative estimate of drug-likeness (QED) is 0.267. The van der Waals surface area contributed by atoms with Gasteiger partial charge < -0.3 is 16.0 Å². The van der Waals surface area contributed by atoms with Gasteiger partial charge in [-0.3, -0.25) is 4.79 Å². The van der Waals surface area contributed by atoms with Gasteiger partial charge in [-0.15, -0.1) is 11.3 Å². The maximum atomic E-state index is 13.1. The van der Waals surface area contributed by atoms with Crippen LogP contribution in [0, 0.1) is 0 Å². The van der Waals surface area contributed by atoms with Crippen molar-refractivity contribution in [1.82, 2.24) is 10.3 Å². The van der Waals surface area contributed by atoms with Gasteiger partial charge in [-0.25, -0.2) is 4.98 Å². The minimum atomic E-state index is -4.94. The monoisotopic (exact) mass is 518 g/mol. The molecule has 3 N–H and O–H groups in total. The summed E-state index contributed by atoms with van der Waals surface area (Å²) in [7, 11) is 0. The molecular weight excluding hydrogens is 502 g/mol. The fourth-order valence-corrected chi connectivity index (χ4v) is 3.66. The smallest absolute Gasteiger partial charge is 0.356 e. The first-order valence-electron chi connectivity index (χ1n) is 9.49. The van der Waals surface area contributed by atoms with Crippen LogP contribution in [0.5, 0.6) is 0 Å². The van der Waals surface area contributed by atoms with Crippen LogP contribution < -0.4 is 16.0 Å². The molecule has 1 aromatic heterocycles. The molecule has 0 aliphatic heterocycles. The minimum Gasteiger partial charge on any atom is -0.356 e. The first-order chi connectivity index (χ1) is 15.8. The van der Waals surface area contributed by atoms with Crippen molar-refractivity contribution in [1.29, 1.82) is 0 Å².